The van der Waals surface area contributed by atoms with E-state index >= 15 is 0 Å². The Hall–Kier alpha value is -3.42. The van der Waals surface area contributed by atoms with E-state index in [0.717, 1.165) is 0 Å². The number of hydrogen-bond acceptors (Lipinski definition) is 6. The molecule has 0 aliphatic rings. The minimum Gasteiger partial charge on any atom is -0.493 e. The standard InChI is InChI=1S/C21H24O8/c1-21(2,29-16-8-6-14(20(24)25)12-18(16)27-4)9-10-28-15-7-5-13(19(22)23)11-17(15)26-3/h5-8,11-12H,9-10H2,1-4H3,(H,22,23)(H,24,25). The van der Waals surface area contributed by atoms with Crippen molar-refractivity contribution in [2.75, 3.05) is 20.8 Å². The average molecular weight is 404 g/mol. The molecule has 0 saturated carbocycles. The van der Waals surface area contributed by atoms with Crippen LogP contribution in [0.3, 0.4) is 0 Å². The molecular formula is C21H24O8. The molecule has 0 aliphatic carbocycles. The summed E-state index contributed by atoms with van der Waals surface area (Å²) >= 11 is 0. The van der Waals surface area contributed by atoms with Crippen molar-refractivity contribution in [1.82, 2.24) is 0 Å². The Labute approximate surface area is 168 Å². The maximum atomic E-state index is 11.1. The van der Waals surface area contributed by atoms with Gasteiger partial charge in [-0.15, -0.1) is 0 Å². The number of carboxylic acids is 2. The van der Waals surface area contributed by atoms with E-state index in [1.807, 2.05) is 13.8 Å². The molecule has 0 aliphatic heterocycles. The minimum atomic E-state index is -1.05. The lowest BCUT2D eigenvalue weighted by Gasteiger charge is -2.27. The van der Waals surface area contributed by atoms with Crippen LogP contribution in [0.4, 0.5) is 0 Å². The van der Waals surface area contributed by atoms with Crippen LogP contribution in [-0.2, 0) is 0 Å². The van der Waals surface area contributed by atoms with Crippen molar-refractivity contribution in [3.05, 3.63) is 47.5 Å². The van der Waals surface area contributed by atoms with Gasteiger partial charge < -0.3 is 29.2 Å². The number of carbonyl (C=O) groups is 2. The monoisotopic (exact) mass is 404 g/mol. The van der Waals surface area contributed by atoms with Crippen molar-refractivity contribution in [3.8, 4) is 23.0 Å². The van der Waals surface area contributed by atoms with Crippen LogP contribution in [-0.4, -0.2) is 48.6 Å². The Morgan fingerprint density at radius 1 is 0.828 bits per heavy atom. The van der Waals surface area contributed by atoms with Crippen LogP contribution in [0.5, 0.6) is 23.0 Å². The molecule has 0 amide bonds. The summed E-state index contributed by atoms with van der Waals surface area (Å²) < 4.78 is 22.2. The second-order valence-corrected chi connectivity index (χ2v) is 6.80. The minimum absolute atomic E-state index is 0.104. The fraction of sp³-hybridized carbons (Fsp3) is 0.333. The van der Waals surface area contributed by atoms with Gasteiger partial charge in [-0.1, -0.05) is 0 Å². The van der Waals surface area contributed by atoms with Crippen LogP contribution in [0.1, 0.15) is 41.0 Å². The van der Waals surface area contributed by atoms with Gasteiger partial charge in [0.05, 0.1) is 32.0 Å². The molecule has 0 aromatic heterocycles. The fourth-order valence-corrected chi connectivity index (χ4v) is 2.56. The van der Waals surface area contributed by atoms with E-state index in [1.54, 1.807) is 12.1 Å². The summed E-state index contributed by atoms with van der Waals surface area (Å²) in [5.74, 6) is -0.598. The lowest BCUT2D eigenvalue weighted by atomic mass is 10.1. The average Bonchev–Trinajstić information content (AvgIpc) is 2.67. The van der Waals surface area contributed by atoms with E-state index in [-0.39, 0.29) is 17.7 Å². The number of benzene rings is 2. The van der Waals surface area contributed by atoms with Crippen LogP contribution in [0.2, 0.25) is 0 Å². The molecule has 29 heavy (non-hydrogen) atoms. The number of methoxy groups -OCH3 is 2. The molecule has 2 aromatic rings. The van der Waals surface area contributed by atoms with Crippen molar-refractivity contribution in [1.29, 1.82) is 0 Å². The summed E-state index contributed by atoms with van der Waals surface area (Å²) in [6.07, 6.45) is 0.487. The quantitative estimate of drug-likeness (QED) is 0.616. The summed E-state index contributed by atoms with van der Waals surface area (Å²) in [7, 11) is 2.88. The van der Waals surface area contributed by atoms with Crippen LogP contribution < -0.4 is 18.9 Å². The number of hydrogen-bond donors (Lipinski definition) is 2. The highest BCUT2D eigenvalue weighted by molar-refractivity contribution is 5.89. The van der Waals surface area contributed by atoms with Gasteiger partial charge in [0.25, 0.3) is 0 Å². The highest BCUT2D eigenvalue weighted by Crippen LogP contribution is 2.33. The maximum absolute atomic E-state index is 11.1. The molecule has 2 aromatic carbocycles. The van der Waals surface area contributed by atoms with Gasteiger partial charge >= 0.3 is 11.9 Å². The van der Waals surface area contributed by atoms with Gasteiger partial charge in [-0.3, -0.25) is 0 Å². The summed E-state index contributed by atoms with van der Waals surface area (Å²) in [6.45, 7) is 4.02. The second-order valence-electron chi connectivity index (χ2n) is 6.80. The van der Waals surface area contributed by atoms with Crippen LogP contribution in [0.25, 0.3) is 0 Å². The molecule has 8 heteroatoms. The third-order valence-corrected chi connectivity index (χ3v) is 4.17. The molecule has 2 rings (SSSR count). The number of rotatable bonds is 10. The first-order valence-electron chi connectivity index (χ1n) is 8.81. The molecular weight excluding hydrogens is 380 g/mol. The van der Waals surface area contributed by atoms with E-state index in [9.17, 15) is 9.59 Å². The van der Waals surface area contributed by atoms with E-state index in [4.69, 9.17) is 29.2 Å². The topological polar surface area (TPSA) is 112 Å². The van der Waals surface area contributed by atoms with Crippen molar-refractivity contribution in [2.24, 2.45) is 0 Å². The molecule has 0 bridgehead atoms. The van der Waals surface area contributed by atoms with Gasteiger partial charge in [-0.05, 0) is 50.2 Å². The Morgan fingerprint density at radius 3 is 1.79 bits per heavy atom. The fourth-order valence-electron chi connectivity index (χ4n) is 2.56. The van der Waals surface area contributed by atoms with Crippen molar-refractivity contribution < 1.29 is 38.7 Å². The lowest BCUT2D eigenvalue weighted by Crippen LogP contribution is -2.30. The Balaban J connectivity index is 2.04. The van der Waals surface area contributed by atoms with Gasteiger partial charge in [0, 0.05) is 6.42 Å². The highest BCUT2D eigenvalue weighted by Gasteiger charge is 2.23. The second kappa shape index (κ2) is 9.18. The van der Waals surface area contributed by atoms with Gasteiger partial charge in [0.2, 0.25) is 0 Å². The van der Waals surface area contributed by atoms with E-state index in [0.29, 0.717) is 29.4 Å². The largest absolute Gasteiger partial charge is 0.493 e. The Kier molecular flexibility index (Phi) is 6.93. The smallest absolute Gasteiger partial charge is 0.335 e. The molecule has 0 unspecified atom stereocenters. The zero-order valence-corrected chi connectivity index (χ0v) is 16.7. The summed E-state index contributed by atoms with van der Waals surface area (Å²) in [6, 6.07) is 8.79. The molecule has 0 heterocycles. The molecule has 0 fully saturated rings. The van der Waals surface area contributed by atoms with Crippen LogP contribution in [0, 0.1) is 0 Å². The number of aromatic carboxylic acids is 2. The number of ether oxygens (including phenoxy) is 4. The first-order valence-corrected chi connectivity index (χ1v) is 8.81. The normalized spacial score (nSPS) is 10.9. The Bertz CT molecular complexity index is 888. The first kappa shape index (κ1) is 21.9. The predicted octanol–water partition coefficient (Wildman–Crippen LogP) is 3.73. The summed E-state index contributed by atoms with van der Waals surface area (Å²) in [5.41, 5.74) is -0.436. The molecule has 2 N–H and O–H groups in total. The van der Waals surface area contributed by atoms with Crippen molar-refractivity contribution in [3.63, 3.8) is 0 Å². The molecule has 0 spiro atoms. The zero-order chi connectivity index (χ0) is 21.6. The molecule has 0 saturated heterocycles. The SMILES string of the molecule is COc1cc(C(=O)O)ccc1OCCC(C)(C)Oc1ccc(C(=O)O)cc1OC. The zero-order valence-electron chi connectivity index (χ0n) is 16.7. The van der Waals surface area contributed by atoms with Gasteiger partial charge in [-0.25, -0.2) is 9.59 Å². The lowest BCUT2D eigenvalue weighted by molar-refractivity contribution is 0.0685. The third-order valence-electron chi connectivity index (χ3n) is 4.17. The van der Waals surface area contributed by atoms with Gasteiger partial charge in [0.15, 0.2) is 23.0 Å². The maximum Gasteiger partial charge on any atom is 0.335 e. The first-order chi connectivity index (χ1) is 13.7. The number of carboxylic acid groups (broad SMARTS) is 2. The summed E-state index contributed by atoms with van der Waals surface area (Å²) in [5, 5.41) is 18.1. The van der Waals surface area contributed by atoms with Crippen molar-refractivity contribution >= 4 is 11.9 Å². The molecule has 0 radical (unpaired) electrons. The Morgan fingerprint density at radius 2 is 1.31 bits per heavy atom. The highest BCUT2D eigenvalue weighted by atomic mass is 16.5. The van der Waals surface area contributed by atoms with Crippen molar-refractivity contribution in [2.45, 2.75) is 25.9 Å². The van der Waals surface area contributed by atoms with E-state index in [2.05, 4.69) is 0 Å². The van der Waals surface area contributed by atoms with Crippen LogP contribution >= 0.6 is 0 Å². The third kappa shape index (κ3) is 5.78. The van der Waals surface area contributed by atoms with Gasteiger partial charge in [0.1, 0.15) is 5.60 Å². The summed E-state index contributed by atoms with van der Waals surface area (Å²) in [4.78, 5) is 22.2. The molecule has 0 atom stereocenters. The molecule has 8 nitrogen and oxygen atoms in total. The molecule has 156 valence electrons. The van der Waals surface area contributed by atoms with Crippen LogP contribution in [0.15, 0.2) is 36.4 Å². The predicted molar refractivity (Wildman–Crippen MR) is 105 cm³/mol. The van der Waals surface area contributed by atoms with E-state index < -0.39 is 17.5 Å². The van der Waals surface area contributed by atoms with Gasteiger partial charge in [-0.2, -0.15) is 0 Å². The van der Waals surface area contributed by atoms with E-state index in [1.165, 1.54) is 38.5 Å².